The Labute approximate surface area is 70.8 Å². The Kier molecular flexibility index (Phi) is 1.78. The molecule has 0 aromatic carbocycles. The molecule has 2 heterocycles. The zero-order valence-electron chi connectivity index (χ0n) is 7.04. The van der Waals surface area contributed by atoms with E-state index in [1.807, 2.05) is 12.3 Å². The molecule has 0 bridgehead atoms. The summed E-state index contributed by atoms with van der Waals surface area (Å²) in [6, 6.07) is 1.92. The van der Waals surface area contributed by atoms with Crippen molar-refractivity contribution >= 4 is 10.9 Å². The minimum Gasteiger partial charge on any atom is -0.281 e. The molecule has 0 saturated heterocycles. The number of aryl methyl sites for hydroxylation is 1. The Bertz CT molecular complexity index is 378. The zero-order chi connectivity index (χ0) is 8.39. The summed E-state index contributed by atoms with van der Waals surface area (Å²) >= 11 is 0. The van der Waals surface area contributed by atoms with Crippen molar-refractivity contribution in [2.75, 3.05) is 0 Å². The van der Waals surface area contributed by atoms with Gasteiger partial charge in [-0.25, -0.2) is 0 Å². The lowest BCUT2D eigenvalue weighted by atomic mass is 10.2. The smallest absolute Gasteiger partial charge is 0.0954 e. The van der Waals surface area contributed by atoms with Crippen LogP contribution in [0, 0.1) is 0 Å². The summed E-state index contributed by atoms with van der Waals surface area (Å²) in [4.78, 5) is 4.07. The van der Waals surface area contributed by atoms with Crippen LogP contribution in [0.4, 0.5) is 0 Å². The van der Waals surface area contributed by atoms with Gasteiger partial charge in [0.2, 0.25) is 0 Å². The molecule has 0 aliphatic rings. The first-order chi connectivity index (χ1) is 5.92. The van der Waals surface area contributed by atoms with E-state index in [9.17, 15) is 0 Å². The number of aromatic amines is 1. The lowest BCUT2D eigenvalue weighted by Crippen LogP contribution is -1.83. The molecular weight excluding hydrogens is 150 g/mol. The van der Waals surface area contributed by atoms with Crippen LogP contribution in [-0.4, -0.2) is 15.2 Å². The van der Waals surface area contributed by atoms with Crippen LogP contribution in [0.1, 0.15) is 19.0 Å². The maximum Gasteiger partial charge on any atom is 0.0954 e. The van der Waals surface area contributed by atoms with E-state index in [-0.39, 0.29) is 0 Å². The normalized spacial score (nSPS) is 10.8. The number of nitrogens with zero attached hydrogens (tertiary/aromatic N) is 2. The number of hydrogen-bond acceptors (Lipinski definition) is 2. The maximum absolute atomic E-state index is 4.17. The number of rotatable bonds is 2. The molecule has 0 aliphatic heterocycles. The summed E-state index contributed by atoms with van der Waals surface area (Å²) in [6.07, 6.45) is 5.80. The maximum atomic E-state index is 4.17. The van der Waals surface area contributed by atoms with Gasteiger partial charge >= 0.3 is 0 Å². The SMILES string of the molecule is CCCc1[nH]nc2ccncc12. The van der Waals surface area contributed by atoms with Crippen molar-refractivity contribution in [3.8, 4) is 0 Å². The topological polar surface area (TPSA) is 41.6 Å². The highest BCUT2D eigenvalue weighted by molar-refractivity contribution is 5.79. The second-order valence-corrected chi connectivity index (χ2v) is 2.84. The minimum absolute atomic E-state index is 1.01. The molecule has 0 spiro atoms. The van der Waals surface area contributed by atoms with E-state index in [2.05, 4.69) is 22.1 Å². The predicted molar refractivity (Wildman–Crippen MR) is 47.9 cm³/mol. The first-order valence-electron chi connectivity index (χ1n) is 4.18. The standard InChI is InChI=1S/C9H11N3/c1-2-3-8-7-6-10-5-4-9(7)12-11-8/h4-6H,2-3H2,1H3,(H,11,12). The molecule has 2 aromatic rings. The number of H-pyrrole nitrogens is 1. The molecule has 3 heteroatoms. The van der Waals surface area contributed by atoms with Gasteiger partial charge in [0.25, 0.3) is 0 Å². The van der Waals surface area contributed by atoms with Gasteiger partial charge in [-0.1, -0.05) is 13.3 Å². The number of nitrogens with one attached hydrogen (secondary N) is 1. The van der Waals surface area contributed by atoms with Crippen LogP contribution in [0.2, 0.25) is 0 Å². The van der Waals surface area contributed by atoms with Gasteiger partial charge in [-0.3, -0.25) is 10.1 Å². The molecule has 3 nitrogen and oxygen atoms in total. The Morgan fingerprint density at radius 3 is 3.25 bits per heavy atom. The van der Waals surface area contributed by atoms with E-state index in [0.717, 1.165) is 23.7 Å². The zero-order valence-corrected chi connectivity index (χ0v) is 7.04. The fraction of sp³-hybridized carbons (Fsp3) is 0.333. The lowest BCUT2D eigenvalue weighted by Gasteiger charge is -1.91. The predicted octanol–water partition coefficient (Wildman–Crippen LogP) is 1.91. The van der Waals surface area contributed by atoms with Crippen LogP contribution in [0.5, 0.6) is 0 Å². The number of fused-ring (bicyclic) bond motifs is 1. The summed E-state index contributed by atoms with van der Waals surface area (Å²) < 4.78 is 0. The molecular formula is C9H11N3. The molecule has 0 atom stereocenters. The third-order valence-electron chi connectivity index (χ3n) is 1.93. The van der Waals surface area contributed by atoms with Gasteiger partial charge in [-0.2, -0.15) is 5.10 Å². The van der Waals surface area contributed by atoms with Crippen LogP contribution in [0.3, 0.4) is 0 Å². The highest BCUT2D eigenvalue weighted by atomic mass is 15.1. The average Bonchev–Trinajstić information content (AvgIpc) is 2.50. The Hall–Kier alpha value is -1.38. The Morgan fingerprint density at radius 1 is 1.50 bits per heavy atom. The van der Waals surface area contributed by atoms with Gasteiger partial charge in [0, 0.05) is 23.5 Å². The molecule has 2 rings (SSSR count). The number of aromatic nitrogens is 3. The summed E-state index contributed by atoms with van der Waals surface area (Å²) in [5.74, 6) is 0. The van der Waals surface area contributed by atoms with Crippen LogP contribution in [0.25, 0.3) is 10.9 Å². The number of hydrogen-bond donors (Lipinski definition) is 1. The van der Waals surface area contributed by atoms with Gasteiger partial charge < -0.3 is 0 Å². The van der Waals surface area contributed by atoms with E-state index in [1.165, 1.54) is 5.69 Å². The van der Waals surface area contributed by atoms with Crippen LogP contribution in [0.15, 0.2) is 18.5 Å². The van der Waals surface area contributed by atoms with Crippen molar-refractivity contribution in [2.24, 2.45) is 0 Å². The quantitative estimate of drug-likeness (QED) is 0.731. The molecule has 0 fully saturated rings. The Morgan fingerprint density at radius 2 is 2.42 bits per heavy atom. The molecule has 0 unspecified atom stereocenters. The first-order valence-corrected chi connectivity index (χ1v) is 4.18. The molecule has 0 saturated carbocycles. The van der Waals surface area contributed by atoms with E-state index in [1.54, 1.807) is 6.20 Å². The summed E-state index contributed by atoms with van der Waals surface area (Å²) in [7, 11) is 0. The minimum atomic E-state index is 1.01. The van der Waals surface area contributed by atoms with Crippen molar-refractivity contribution in [3.05, 3.63) is 24.2 Å². The molecule has 12 heavy (non-hydrogen) atoms. The van der Waals surface area contributed by atoms with Crippen molar-refractivity contribution in [1.29, 1.82) is 0 Å². The lowest BCUT2D eigenvalue weighted by molar-refractivity contribution is 0.873. The number of pyridine rings is 1. The highest BCUT2D eigenvalue weighted by Gasteiger charge is 2.02. The second kappa shape index (κ2) is 2.93. The van der Waals surface area contributed by atoms with E-state index in [0.29, 0.717) is 0 Å². The van der Waals surface area contributed by atoms with Crippen molar-refractivity contribution < 1.29 is 0 Å². The third-order valence-corrected chi connectivity index (χ3v) is 1.93. The van der Waals surface area contributed by atoms with Crippen molar-refractivity contribution in [1.82, 2.24) is 15.2 Å². The van der Waals surface area contributed by atoms with Crippen molar-refractivity contribution in [3.63, 3.8) is 0 Å². The molecule has 0 amide bonds. The molecule has 2 aromatic heterocycles. The van der Waals surface area contributed by atoms with E-state index >= 15 is 0 Å². The highest BCUT2D eigenvalue weighted by Crippen LogP contribution is 2.14. The van der Waals surface area contributed by atoms with Gasteiger partial charge in [0.1, 0.15) is 0 Å². The summed E-state index contributed by atoms with van der Waals surface area (Å²) in [5.41, 5.74) is 2.20. The first kappa shape index (κ1) is 7.28. The Balaban J connectivity index is 2.55. The van der Waals surface area contributed by atoms with Crippen LogP contribution >= 0.6 is 0 Å². The summed E-state index contributed by atoms with van der Waals surface area (Å²) in [5, 5.41) is 8.35. The molecule has 0 radical (unpaired) electrons. The van der Waals surface area contributed by atoms with E-state index in [4.69, 9.17) is 0 Å². The van der Waals surface area contributed by atoms with Gasteiger partial charge in [-0.15, -0.1) is 0 Å². The molecule has 1 N–H and O–H groups in total. The third kappa shape index (κ3) is 1.07. The average molecular weight is 161 g/mol. The fourth-order valence-corrected chi connectivity index (χ4v) is 1.35. The van der Waals surface area contributed by atoms with Gasteiger partial charge in [0.15, 0.2) is 0 Å². The molecule has 62 valence electrons. The van der Waals surface area contributed by atoms with E-state index < -0.39 is 0 Å². The van der Waals surface area contributed by atoms with Crippen LogP contribution in [-0.2, 0) is 6.42 Å². The summed E-state index contributed by atoms with van der Waals surface area (Å²) in [6.45, 7) is 2.16. The van der Waals surface area contributed by atoms with Gasteiger partial charge in [0.05, 0.1) is 5.52 Å². The monoisotopic (exact) mass is 161 g/mol. The fourth-order valence-electron chi connectivity index (χ4n) is 1.35. The van der Waals surface area contributed by atoms with Gasteiger partial charge in [-0.05, 0) is 12.5 Å². The largest absolute Gasteiger partial charge is 0.281 e. The van der Waals surface area contributed by atoms with Crippen molar-refractivity contribution in [2.45, 2.75) is 19.8 Å². The second-order valence-electron chi connectivity index (χ2n) is 2.84. The van der Waals surface area contributed by atoms with Crippen LogP contribution < -0.4 is 0 Å². The molecule has 0 aliphatic carbocycles.